The monoisotopic (exact) mass is 489 g/mol. The predicted octanol–water partition coefficient (Wildman–Crippen LogP) is 2.98. The highest BCUT2D eigenvalue weighted by molar-refractivity contribution is 5.76. The number of likely N-dealkylation sites (tertiary alicyclic amines) is 2. The van der Waals surface area contributed by atoms with Crippen LogP contribution in [0.15, 0.2) is 6.07 Å². The Kier molecular flexibility index (Phi) is 3.53. The molecule has 2 aromatic heterocycles. The summed E-state index contributed by atoms with van der Waals surface area (Å²) in [6.07, 6.45) is 10.1. The summed E-state index contributed by atoms with van der Waals surface area (Å²) in [4.78, 5) is 21.8. The average Bonchev–Trinajstić information content (AvgIpc) is 3.59. The largest absolute Gasteiger partial charge is 0.382 e. The van der Waals surface area contributed by atoms with Crippen LogP contribution < -0.4 is 0 Å². The number of hydrogen-bond donors (Lipinski definition) is 2. The lowest BCUT2D eigenvalue weighted by molar-refractivity contribution is -0.246. The summed E-state index contributed by atoms with van der Waals surface area (Å²) in [7, 11) is 0. The van der Waals surface area contributed by atoms with Gasteiger partial charge in [-0.05, 0) is 76.2 Å². The van der Waals surface area contributed by atoms with Crippen molar-refractivity contribution < 1.29 is 9.90 Å². The fraction of sp³-hybridized carbons (Fsp3) is 0.778. The molecule has 190 valence electrons. The molecular formula is C27H35N7O2. The first kappa shape index (κ1) is 20.6. The van der Waals surface area contributed by atoms with Gasteiger partial charge in [0.05, 0.1) is 11.2 Å². The minimum Gasteiger partial charge on any atom is -0.382 e. The van der Waals surface area contributed by atoms with Gasteiger partial charge in [0.15, 0.2) is 5.82 Å². The summed E-state index contributed by atoms with van der Waals surface area (Å²) in [5.41, 5.74) is 2.92. The maximum absolute atomic E-state index is 13.1. The van der Waals surface area contributed by atoms with E-state index >= 15 is 0 Å². The molecule has 2 aromatic rings. The number of aromatic amines is 1. The number of H-pyrrole nitrogens is 1. The Balaban J connectivity index is 0.767. The van der Waals surface area contributed by atoms with Gasteiger partial charge < -0.3 is 14.9 Å². The number of hydrogen-bond acceptors (Lipinski definition) is 5. The number of amides is 2. The second-order valence-corrected chi connectivity index (χ2v) is 13.9. The molecule has 9 heteroatoms. The Morgan fingerprint density at radius 3 is 2.47 bits per heavy atom. The van der Waals surface area contributed by atoms with Crippen LogP contribution in [0.4, 0.5) is 4.79 Å². The van der Waals surface area contributed by atoms with Gasteiger partial charge in [0.2, 0.25) is 0 Å². The quantitative estimate of drug-likeness (QED) is 0.672. The summed E-state index contributed by atoms with van der Waals surface area (Å²) in [5, 5.41) is 22.4. The van der Waals surface area contributed by atoms with E-state index in [1.54, 1.807) is 0 Å². The van der Waals surface area contributed by atoms with Crippen LogP contribution in [0.1, 0.15) is 92.7 Å². The Bertz CT molecular complexity index is 1260. The Morgan fingerprint density at radius 1 is 1.08 bits per heavy atom. The average molecular weight is 490 g/mol. The molecule has 8 aliphatic rings. The minimum atomic E-state index is -0.775. The maximum Gasteiger partial charge on any atom is 0.320 e. The molecule has 0 atom stereocenters. The number of carbonyl (C=O) groups is 1. The van der Waals surface area contributed by atoms with Crippen LogP contribution in [0.5, 0.6) is 0 Å². The van der Waals surface area contributed by atoms with Crippen LogP contribution in [-0.2, 0) is 11.1 Å². The van der Waals surface area contributed by atoms with Crippen molar-refractivity contribution in [1.82, 2.24) is 34.8 Å². The molecule has 36 heavy (non-hydrogen) atoms. The van der Waals surface area contributed by atoms with Gasteiger partial charge >= 0.3 is 6.03 Å². The van der Waals surface area contributed by atoms with E-state index in [1.807, 2.05) is 0 Å². The number of urea groups is 1. The smallest absolute Gasteiger partial charge is 0.320 e. The summed E-state index contributed by atoms with van der Waals surface area (Å²) in [6, 6.07) is 2.57. The van der Waals surface area contributed by atoms with E-state index in [1.165, 1.54) is 43.5 Å². The molecule has 9 nitrogen and oxygen atoms in total. The molecule has 0 aromatic carbocycles. The molecule has 4 heterocycles. The van der Waals surface area contributed by atoms with Crippen molar-refractivity contribution in [3.05, 3.63) is 29.1 Å². The molecule has 6 aliphatic carbocycles. The lowest BCUT2D eigenvalue weighted by Crippen LogP contribution is -2.76. The molecule has 0 unspecified atom stereocenters. The lowest BCUT2D eigenvalue weighted by Gasteiger charge is -2.75. The van der Waals surface area contributed by atoms with Gasteiger partial charge in [-0.25, -0.2) is 9.78 Å². The predicted molar refractivity (Wildman–Crippen MR) is 129 cm³/mol. The fourth-order valence-electron chi connectivity index (χ4n) is 8.60. The van der Waals surface area contributed by atoms with Crippen molar-refractivity contribution in [3.63, 3.8) is 0 Å². The van der Waals surface area contributed by atoms with Crippen LogP contribution in [0.2, 0.25) is 0 Å². The Labute approximate surface area is 210 Å². The SMILES string of the molecule is Cc1cc(C2CC2)n(C23CC(C4CN(C(=O)N5CC6(CC(c7nc(C8(O)CC8)n[nH]7)C6)C5)C4)(C2)C3)n1. The number of nitrogens with zero attached hydrogens (tertiary/aromatic N) is 6. The molecule has 2 bridgehead atoms. The van der Waals surface area contributed by atoms with E-state index < -0.39 is 5.60 Å². The standard InChI is InChI=1S/C27H35N7O2/c1-16-6-20(17-2-3-17)34(31-16)26-11-25(12-26,13-26)19-9-32(10-19)23(35)33-14-24(15-33)7-18(8-24)21-28-22(30-29-21)27(36)4-5-27/h6,17-19,36H,2-5,7-15H2,1H3,(H,28,29,30). The van der Waals surface area contributed by atoms with Crippen LogP contribution in [0.25, 0.3) is 0 Å². The zero-order valence-electron chi connectivity index (χ0n) is 21.0. The summed E-state index contributed by atoms with van der Waals surface area (Å²) in [6.45, 7) is 5.78. The molecule has 8 fully saturated rings. The molecule has 2 N–H and O–H groups in total. The van der Waals surface area contributed by atoms with E-state index in [0.717, 1.165) is 63.6 Å². The van der Waals surface area contributed by atoms with Crippen LogP contribution in [-0.4, -0.2) is 72.1 Å². The van der Waals surface area contributed by atoms with Gasteiger partial charge in [-0.2, -0.15) is 10.2 Å². The van der Waals surface area contributed by atoms with E-state index in [9.17, 15) is 9.90 Å². The van der Waals surface area contributed by atoms with Crippen molar-refractivity contribution in [2.75, 3.05) is 26.2 Å². The molecular weight excluding hydrogens is 454 g/mol. The van der Waals surface area contributed by atoms with Gasteiger partial charge in [0.25, 0.3) is 0 Å². The number of rotatable bonds is 5. The molecule has 0 radical (unpaired) electrons. The number of aromatic nitrogens is 5. The molecule has 2 amide bonds. The van der Waals surface area contributed by atoms with Crippen molar-refractivity contribution >= 4 is 6.03 Å². The third-order valence-corrected chi connectivity index (χ3v) is 11.1. The first-order chi connectivity index (χ1) is 17.3. The third-order valence-electron chi connectivity index (χ3n) is 11.1. The van der Waals surface area contributed by atoms with Crippen LogP contribution in [0, 0.1) is 23.7 Å². The van der Waals surface area contributed by atoms with Gasteiger partial charge in [-0.1, -0.05) is 0 Å². The van der Waals surface area contributed by atoms with Gasteiger partial charge in [-0.15, -0.1) is 0 Å². The number of aliphatic hydroxyl groups is 1. The van der Waals surface area contributed by atoms with Crippen LogP contribution >= 0.6 is 0 Å². The number of nitrogens with one attached hydrogen (secondary N) is 1. The summed E-state index contributed by atoms with van der Waals surface area (Å²) < 4.78 is 2.42. The topological polar surface area (TPSA) is 103 Å². The second-order valence-electron chi connectivity index (χ2n) is 13.9. The first-order valence-electron chi connectivity index (χ1n) is 14.0. The van der Waals surface area contributed by atoms with Crippen molar-refractivity contribution in [2.45, 2.75) is 87.7 Å². The second kappa shape index (κ2) is 6.17. The van der Waals surface area contributed by atoms with Crippen molar-refractivity contribution in [1.29, 1.82) is 0 Å². The van der Waals surface area contributed by atoms with Gasteiger partial charge in [0, 0.05) is 55.0 Å². The lowest BCUT2D eigenvalue weighted by atomic mass is 9.35. The highest BCUT2D eigenvalue weighted by Gasteiger charge is 2.74. The van der Waals surface area contributed by atoms with E-state index in [2.05, 4.69) is 42.7 Å². The molecule has 2 saturated heterocycles. The summed E-state index contributed by atoms with van der Waals surface area (Å²) >= 11 is 0. The normalized spacial score (nSPS) is 35.5. The van der Waals surface area contributed by atoms with Crippen LogP contribution in [0.3, 0.4) is 0 Å². The third kappa shape index (κ3) is 2.60. The molecule has 1 spiro atoms. The number of carbonyl (C=O) groups excluding carboxylic acids is 1. The van der Waals surface area contributed by atoms with Crippen molar-refractivity contribution in [3.8, 4) is 0 Å². The van der Waals surface area contributed by atoms with Gasteiger partial charge in [0.1, 0.15) is 11.4 Å². The summed E-state index contributed by atoms with van der Waals surface area (Å²) in [5.74, 6) is 3.29. The Morgan fingerprint density at radius 2 is 1.81 bits per heavy atom. The zero-order chi connectivity index (χ0) is 24.1. The number of aryl methyl sites for hydroxylation is 1. The van der Waals surface area contributed by atoms with Gasteiger partial charge in [-0.3, -0.25) is 9.78 Å². The minimum absolute atomic E-state index is 0.248. The molecule has 10 rings (SSSR count). The van der Waals surface area contributed by atoms with E-state index in [4.69, 9.17) is 5.10 Å². The van der Waals surface area contributed by atoms with Crippen molar-refractivity contribution in [2.24, 2.45) is 16.7 Å². The zero-order valence-corrected chi connectivity index (χ0v) is 21.0. The van der Waals surface area contributed by atoms with E-state index in [0.29, 0.717) is 28.6 Å². The fourth-order valence-corrected chi connectivity index (χ4v) is 8.60. The van der Waals surface area contributed by atoms with E-state index in [-0.39, 0.29) is 11.4 Å². The molecule has 6 saturated carbocycles. The maximum atomic E-state index is 13.1. The highest BCUT2D eigenvalue weighted by atomic mass is 16.3. The Hall–Kier alpha value is -2.42. The highest BCUT2D eigenvalue weighted by Crippen LogP contribution is 2.75. The first-order valence-corrected chi connectivity index (χ1v) is 14.0. The molecule has 2 aliphatic heterocycles.